The Morgan fingerprint density at radius 2 is 1.96 bits per heavy atom. The van der Waals surface area contributed by atoms with Gasteiger partial charge < -0.3 is 15.5 Å². The van der Waals surface area contributed by atoms with E-state index in [4.69, 9.17) is 6.57 Å². The van der Waals surface area contributed by atoms with Gasteiger partial charge in [0.2, 0.25) is 0 Å². The van der Waals surface area contributed by atoms with Crippen molar-refractivity contribution in [2.75, 3.05) is 12.4 Å². The summed E-state index contributed by atoms with van der Waals surface area (Å²) in [7, 11) is 1.76. The fourth-order valence-corrected chi connectivity index (χ4v) is 2.85. The van der Waals surface area contributed by atoms with Crippen LogP contribution < -0.4 is 5.32 Å². The first-order chi connectivity index (χ1) is 12.1. The van der Waals surface area contributed by atoms with Crippen molar-refractivity contribution in [3.8, 4) is 22.8 Å². The molecule has 2 aromatic carbocycles. The van der Waals surface area contributed by atoms with Crippen molar-refractivity contribution in [3.05, 3.63) is 54.0 Å². The summed E-state index contributed by atoms with van der Waals surface area (Å²) >= 11 is 0. The van der Waals surface area contributed by atoms with Crippen LogP contribution in [0.15, 0.2) is 42.6 Å². The fraction of sp³-hybridized carbons (Fsp3) is 0.0556. The largest absolute Gasteiger partial charge is 0.504 e. The van der Waals surface area contributed by atoms with Gasteiger partial charge in [-0.05, 0) is 30.3 Å². The molecule has 3 N–H and O–H groups in total. The fourth-order valence-electron chi connectivity index (χ4n) is 2.85. The third-order valence-electron chi connectivity index (χ3n) is 4.04. The third kappa shape index (κ3) is 2.20. The number of imidazole rings is 1. The minimum atomic E-state index is -0.199. The van der Waals surface area contributed by atoms with E-state index in [0.717, 1.165) is 11.2 Å². The van der Waals surface area contributed by atoms with Crippen LogP contribution in [-0.4, -0.2) is 31.6 Å². The van der Waals surface area contributed by atoms with Gasteiger partial charge >= 0.3 is 0 Å². The lowest BCUT2D eigenvalue weighted by Crippen LogP contribution is -2.00. The molecule has 0 radical (unpaired) electrons. The Labute approximate surface area is 142 Å². The van der Waals surface area contributed by atoms with Gasteiger partial charge in [0, 0.05) is 12.6 Å². The molecule has 7 heteroatoms. The van der Waals surface area contributed by atoms with E-state index in [1.165, 1.54) is 12.1 Å². The summed E-state index contributed by atoms with van der Waals surface area (Å²) in [5.74, 6) is 0.209. The maximum atomic E-state index is 9.82. The number of anilines is 1. The topological polar surface area (TPSA) is 87.0 Å². The molecule has 2 aromatic heterocycles. The molecule has 0 unspecified atom stereocenters. The van der Waals surface area contributed by atoms with Crippen molar-refractivity contribution in [2.24, 2.45) is 0 Å². The van der Waals surface area contributed by atoms with Crippen LogP contribution in [0.25, 0.3) is 32.8 Å². The molecule has 4 rings (SSSR count). The van der Waals surface area contributed by atoms with Crippen molar-refractivity contribution in [3.63, 3.8) is 0 Å². The second-order valence-corrected chi connectivity index (χ2v) is 5.50. The third-order valence-corrected chi connectivity index (χ3v) is 4.04. The number of phenols is 2. The number of benzene rings is 2. The van der Waals surface area contributed by atoms with Crippen molar-refractivity contribution in [1.29, 1.82) is 0 Å². The molecule has 7 nitrogen and oxygen atoms in total. The first kappa shape index (κ1) is 14.8. The summed E-state index contributed by atoms with van der Waals surface area (Å²) in [6, 6.07) is 9.90. The molecule has 0 fully saturated rings. The van der Waals surface area contributed by atoms with Crippen LogP contribution in [-0.2, 0) is 0 Å². The molecule has 0 atom stereocenters. The lowest BCUT2D eigenvalue weighted by Gasteiger charge is -2.10. The summed E-state index contributed by atoms with van der Waals surface area (Å²) in [6.45, 7) is 7.18. The molecule has 2 heterocycles. The molecular formula is C18H13N5O2. The molecule has 0 spiro atoms. The second-order valence-electron chi connectivity index (χ2n) is 5.50. The zero-order valence-electron chi connectivity index (χ0n) is 13.2. The maximum Gasteiger partial charge on any atom is 0.189 e. The number of aromatic hydroxyl groups is 2. The molecule has 122 valence electrons. The molecule has 0 bridgehead atoms. The first-order valence-corrected chi connectivity index (χ1v) is 7.51. The molecule has 0 aliphatic heterocycles. The number of nitrogens with one attached hydrogen (secondary N) is 1. The first-order valence-electron chi connectivity index (χ1n) is 7.51. The number of nitrogens with zero attached hydrogens (tertiary/aromatic N) is 4. The van der Waals surface area contributed by atoms with E-state index in [9.17, 15) is 10.2 Å². The molecular weight excluding hydrogens is 318 g/mol. The van der Waals surface area contributed by atoms with Crippen LogP contribution >= 0.6 is 0 Å². The summed E-state index contributed by atoms with van der Waals surface area (Å²) in [4.78, 5) is 12.4. The lowest BCUT2D eigenvalue weighted by atomic mass is 10.1. The smallest absolute Gasteiger partial charge is 0.189 e. The van der Waals surface area contributed by atoms with Gasteiger partial charge in [-0.3, -0.25) is 4.40 Å². The Kier molecular flexibility index (Phi) is 3.18. The number of aromatic nitrogens is 3. The molecule has 0 aliphatic carbocycles. The van der Waals surface area contributed by atoms with Gasteiger partial charge in [0.1, 0.15) is 0 Å². The van der Waals surface area contributed by atoms with E-state index in [0.29, 0.717) is 28.2 Å². The average molecular weight is 331 g/mol. The molecule has 0 saturated heterocycles. The van der Waals surface area contributed by atoms with Gasteiger partial charge in [-0.15, -0.1) is 0 Å². The Hall–Kier alpha value is -3.79. The highest BCUT2D eigenvalue weighted by atomic mass is 16.3. The standard InChI is InChI=1S/C18H13N5O2/c1-19-11-4-5-13-12(8-11)22-17(20-2)18-21-9-14(23(13)18)10-3-6-15(24)16(25)7-10/h3-9,24-25H,2H3,(H,20,22). The molecule has 4 aromatic rings. The van der Waals surface area contributed by atoms with E-state index in [1.54, 1.807) is 31.4 Å². The highest BCUT2D eigenvalue weighted by Gasteiger charge is 2.15. The molecule has 25 heavy (non-hydrogen) atoms. The number of fused-ring (bicyclic) bond motifs is 3. The Morgan fingerprint density at radius 3 is 2.68 bits per heavy atom. The predicted molar refractivity (Wildman–Crippen MR) is 95.1 cm³/mol. The molecule has 0 aliphatic rings. The number of hydrogen-bond acceptors (Lipinski definition) is 5. The van der Waals surface area contributed by atoms with Crippen molar-refractivity contribution < 1.29 is 10.2 Å². The Balaban J connectivity index is 2.11. The van der Waals surface area contributed by atoms with E-state index >= 15 is 0 Å². The van der Waals surface area contributed by atoms with Gasteiger partial charge in [0.05, 0.1) is 29.5 Å². The minimum absolute atomic E-state index is 0.179. The summed E-state index contributed by atoms with van der Waals surface area (Å²) in [5.41, 5.74) is 4.03. The highest BCUT2D eigenvalue weighted by Crippen LogP contribution is 2.33. The van der Waals surface area contributed by atoms with Gasteiger partial charge in [0.25, 0.3) is 0 Å². The van der Waals surface area contributed by atoms with E-state index in [-0.39, 0.29) is 11.5 Å². The Morgan fingerprint density at radius 1 is 1.12 bits per heavy atom. The lowest BCUT2D eigenvalue weighted by molar-refractivity contribution is 0.404. The minimum Gasteiger partial charge on any atom is -0.504 e. The predicted octanol–water partition coefficient (Wildman–Crippen LogP) is 3.55. The van der Waals surface area contributed by atoms with Crippen LogP contribution in [0.2, 0.25) is 0 Å². The normalized spacial score (nSPS) is 10.9. The van der Waals surface area contributed by atoms with E-state index in [2.05, 4.69) is 20.1 Å². The van der Waals surface area contributed by atoms with Gasteiger partial charge in [-0.1, -0.05) is 6.07 Å². The van der Waals surface area contributed by atoms with Crippen LogP contribution in [0.1, 0.15) is 0 Å². The van der Waals surface area contributed by atoms with Gasteiger partial charge in [-0.2, -0.15) is 0 Å². The summed E-state index contributed by atoms with van der Waals surface area (Å²) in [5, 5.41) is 22.4. The quantitative estimate of drug-likeness (QED) is 0.386. The number of hydrogen-bond donors (Lipinski definition) is 3. The summed E-state index contributed by atoms with van der Waals surface area (Å²) < 4.78 is 1.91. The zero-order chi connectivity index (χ0) is 17.6. The molecule has 0 amide bonds. The van der Waals surface area contributed by atoms with Crippen LogP contribution in [0.4, 0.5) is 11.5 Å². The number of rotatable bonds is 2. The summed E-state index contributed by atoms with van der Waals surface area (Å²) in [6.07, 6.45) is 1.69. The average Bonchev–Trinajstić information content (AvgIpc) is 3.08. The van der Waals surface area contributed by atoms with Crippen LogP contribution in [0, 0.1) is 6.57 Å². The van der Waals surface area contributed by atoms with E-state index < -0.39 is 0 Å². The number of phenolic OH excluding ortho intramolecular Hbond substituents is 2. The van der Waals surface area contributed by atoms with Gasteiger partial charge in [-0.25, -0.2) is 14.8 Å². The molecule has 0 saturated carbocycles. The van der Waals surface area contributed by atoms with E-state index in [1.807, 2.05) is 10.5 Å². The Bertz CT molecular complexity index is 1170. The highest BCUT2D eigenvalue weighted by molar-refractivity contribution is 5.88. The van der Waals surface area contributed by atoms with Gasteiger partial charge in [0.15, 0.2) is 28.7 Å². The maximum absolute atomic E-state index is 9.82. The van der Waals surface area contributed by atoms with Crippen LogP contribution in [0.5, 0.6) is 11.5 Å². The SMILES string of the molecule is [C-]#[N+]c1ccc2c(c1)nc(NC)c1ncc(-c3ccc(O)c(O)c3)n12. The van der Waals surface area contributed by atoms with Crippen molar-refractivity contribution in [1.82, 2.24) is 14.4 Å². The second kappa shape index (κ2) is 5.39. The monoisotopic (exact) mass is 331 g/mol. The van der Waals surface area contributed by atoms with Crippen molar-refractivity contribution >= 4 is 28.2 Å². The van der Waals surface area contributed by atoms with Crippen molar-refractivity contribution in [2.45, 2.75) is 0 Å². The zero-order valence-corrected chi connectivity index (χ0v) is 13.2. The van der Waals surface area contributed by atoms with Crippen LogP contribution in [0.3, 0.4) is 0 Å².